The molecule has 0 unspecified atom stereocenters. The summed E-state index contributed by atoms with van der Waals surface area (Å²) < 4.78 is 5.29. The van der Waals surface area contributed by atoms with Gasteiger partial charge in [-0.1, -0.05) is 54.6 Å². The summed E-state index contributed by atoms with van der Waals surface area (Å²) in [6.07, 6.45) is 0.0732. The number of rotatable bonds is 7. The van der Waals surface area contributed by atoms with Crippen LogP contribution in [0.3, 0.4) is 0 Å². The van der Waals surface area contributed by atoms with Gasteiger partial charge in [0.2, 0.25) is 0 Å². The molecule has 0 fully saturated rings. The molecular weight excluding hydrogens is 432 g/mol. The summed E-state index contributed by atoms with van der Waals surface area (Å²) in [5.41, 5.74) is 3.79. The van der Waals surface area contributed by atoms with Crippen LogP contribution in [0.5, 0.6) is 0 Å². The van der Waals surface area contributed by atoms with E-state index < -0.39 is 36.3 Å². The van der Waals surface area contributed by atoms with E-state index in [0.717, 1.165) is 21.6 Å². The molecule has 1 N–H and O–H groups in total. The molecule has 3 aromatic carbocycles. The second kappa shape index (κ2) is 9.70. The SMILES string of the molecule is Cc1cccc(NC(=O)COC(=O)[C@@H](Cc2ccccc2)N2C(=O)c3ccccc3C2=O)c1C. The average molecular weight is 456 g/mol. The Balaban J connectivity index is 1.52. The Morgan fingerprint density at radius 1 is 0.853 bits per heavy atom. The van der Waals surface area contributed by atoms with Crippen LogP contribution in [0.25, 0.3) is 0 Å². The molecule has 3 aromatic rings. The molecule has 0 saturated heterocycles. The zero-order valence-electron chi connectivity index (χ0n) is 18.9. The van der Waals surface area contributed by atoms with E-state index in [4.69, 9.17) is 4.74 Å². The van der Waals surface area contributed by atoms with Gasteiger partial charge in [0.1, 0.15) is 6.04 Å². The molecule has 3 amide bonds. The van der Waals surface area contributed by atoms with Crippen molar-refractivity contribution in [2.75, 3.05) is 11.9 Å². The average Bonchev–Trinajstić information content (AvgIpc) is 3.09. The summed E-state index contributed by atoms with van der Waals surface area (Å²) >= 11 is 0. The molecule has 0 aliphatic carbocycles. The summed E-state index contributed by atoms with van der Waals surface area (Å²) in [7, 11) is 0. The van der Waals surface area contributed by atoms with Gasteiger partial charge in [0.25, 0.3) is 17.7 Å². The highest BCUT2D eigenvalue weighted by Crippen LogP contribution is 2.26. The normalized spacial score (nSPS) is 13.4. The fraction of sp³-hybridized carbons (Fsp3) is 0.185. The topological polar surface area (TPSA) is 92.8 Å². The Morgan fingerprint density at radius 3 is 2.12 bits per heavy atom. The Hall–Kier alpha value is -4.26. The van der Waals surface area contributed by atoms with Crippen molar-refractivity contribution in [3.8, 4) is 0 Å². The quantitative estimate of drug-likeness (QED) is 0.432. The maximum atomic E-state index is 13.1. The smallest absolute Gasteiger partial charge is 0.330 e. The van der Waals surface area contributed by atoms with Crippen molar-refractivity contribution in [3.63, 3.8) is 0 Å². The third kappa shape index (κ3) is 4.59. The minimum absolute atomic E-state index is 0.0732. The van der Waals surface area contributed by atoms with Gasteiger partial charge >= 0.3 is 5.97 Å². The van der Waals surface area contributed by atoms with Crippen LogP contribution in [0.1, 0.15) is 37.4 Å². The van der Waals surface area contributed by atoms with E-state index in [1.54, 1.807) is 54.6 Å². The molecule has 7 heteroatoms. The molecule has 1 aliphatic rings. The molecular formula is C27H24N2O5. The number of aryl methyl sites for hydroxylation is 1. The lowest BCUT2D eigenvalue weighted by Gasteiger charge is -2.24. The van der Waals surface area contributed by atoms with Crippen molar-refractivity contribution in [2.24, 2.45) is 0 Å². The van der Waals surface area contributed by atoms with Crippen LogP contribution in [0.2, 0.25) is 0 Å². The number of fused-ring (bicyclic) bond motifs is 1. The fourth-order valence-corrected chi connectivity index (χ4v) is 3.91. The molecule has 1 atom stereocenters. The minimum atomic E-state index is -1.21. The van der Waals surface area contributed by atoms with Gasteiger partial charge in [0.05, 0.1) is 11.1 Å². The molecule has 1 heterocycles. The number of amides is 3. The number of hydrogen-bond donors (Lipinski definition) is 1. The standard InChI is InChI=1S/C27H24N2O5/c1-17-9-8-14-22(18(17)2)28-24(30)16-34-27(33)23(15-19-10-4-3-5-11-19)29-25(31)20-12-6-7-13-21(20)26(29)32/h3-14,23H,15-16H2,1-2H3,(H,28,30)/t23-/m1/s1. The Kier molecular flexibility index (Phi) is 6.54. The first-order chi connectivity index (χ1) is 16.4. The monoisotopic (exact) mass is 456 g/mol. The molecule has 172 valence electrons. The van der Waals surface area contributed by atoms with Crippen molar-refractivity contribution in [2.45, 2.75) is 26.3 Å². The third-order valence-electron chi connectivity index (χ3n) is 5.91. The fourth-order valence-electron chi connectivity index (χ4n) is 3.91. The minimum Gasteiger partial charge on any atom is -0.454 e. The van der Waals surface area contributed by atoms with Gasteiger partial charge in [-0.15, -0.1) is 0 Å². The number of esters is 1. The number of carbonyl (C=O) groups is 4. The first-order valence-electron chi connectivity index (χ1n) is 10.9. The lowest BCUT2D eigenvalue weighted by atomic mass is 10.0. The first-order valence-corrected chi connectivity index (χ1v) is 10.9. The van der Waals surface area contributed by atoms with Gasteiger partial charge in [0, 0.05) is 12.1 Å². The molecule has 7 nitrogen and oxygen atoms in total. The van der Waals surface area contributed by atoms with Gasteiger partial charge in [-0.2, -0.15) is 0 Å². The van der Waals surface area contributed by atoms with Crippen molar-refractivity contribution >= 4 is 29.4 Å². The van der Waals surface area contributed by atoms with E-state index in [0.29, 0.717) is 5.69 Å². The maximum Gasteiger partial charge on any atom is 0.330 e. The zero-order valence-corrected chi connectivity index (χ0v) is 18.9. The van der Waals surface area contributed by atoms with Crippen molar-refractivity contribution < 1.29 is 23.9 Å². The van der Waals surface area contributed by atoms with Gasteiger partial charge < -0.3 is 10.1 Å². The summed E-state index contributed by atoms with van der Waals surface area (Å²) in [5.74, 6) is -2.45. The Bertz CT molecular complexity index is 1230. The first kappa shape index (κ1) is 22.9. The van der Waals surface area contributed by atoms with Crippen molar-refractivity contribution in [3.05, 3.63) is 101 Å². The van der Waals surface area contributed by atoms with E-state index in [-0.39, 0.29) is 17.5 Å². The number of hydrogen-bond acceptors (Lipinski definition) is 5. The molecule has 0 radical (unpaired) electrons. The van der Waals surface area contributed by atoms with Crippen LogP contribution >= 0.6 is 0 Å². The summed E-state index contributed by atoms with van der Waals surface area (Å²) in [4.78, 5) is 52.5. The second-order valence-corrected chi connectivity index (χ2v) is 8.13. The summed E-state index contributed by atoms with van der Waals surface area (Å²) in [5, 5.41) is 2.73. The zero-order chi connectivity index (χ0) is 24.2. The largest absolute Gasteiger partial charge is 0.454 e. The van der Waals surface area contributed by atoms with Crippen molar-refractivity contribution in [1.29, 1.82) is 0 Å². The van der Waals surface area contributed by atoms with E-state index in [2.05, 4.69) is 5.32 Å². The molecule has 1 aliphatic heterocycles. The lowest BCUT2D eigenvalue weighted by Crippen LogP contribution is -2.47. The van der Waals surface area contributed by atoms with Gasteiger partial charge in [-0.3, -0.25) is 19.3 Å². The van der Waals surface area contributed by atoms with Crippen LogP contribution in [0, 0.1) is 13.8 Å². The number of carbonyl (C=O) groups excluding carboxylic acids is 4. The van der Waals surface area contributed by atoms with Crippen LogP contribution in [-0.4, -0.2) is 41.2 Å². The van der Waals surface area contributed by atoms with Crippen LogP contribution in [0.4, 0.5) is 5.69 Å². The molecule has 0 bridgehead atoms. The lowest BCUT2D eigenvalue weighted by molar-refractivity contribution is -0.151. The number of benzene rings is 3. The number of nitrogens with zero attached hydrogens (tertiary/aromatic N) is 1. The van der Waals surface area contributed by atoms with Crippen LogP contribution < -0.4 is 5.32 Å². The third-order valence-corrected chi connectivity index (χ3v) is 5.91. The number of imide groups is 1. The van der Waals surface area contributed by atoms with E-state index in [1.165, 1.54) is 0 Å². The second-order valence-electron chi connectivity index (χ2n) is 8.13. The van der Waals surface area contributed by atoms with Crippen LogP contribution in [-0.2, 0) is 20.7 Å². The number of nitrogens with one attached hydrogen (secondary N) is 1. The predicted octanol–water partition coefficient (Wildman–Crippen LogP) is 3.69. The Morgan fingerprint density at radius 2 is 1.47 bits per heavy atom. The van der Waals surface area contributed by atoms with Crippen molar-refractivity contribution in [1.82, 2.24) is 4.90 Å². The highest BCUT2D eigenvalue weighted by atomic mass is 16.5. The molecule has 0 spiro atoms. The van der Waals surface area contributed by atoms with Gasteiger partial charge in [-0.05, 0) is 48.7 Å². The Labute approximate surface area is 197 Å². The van der Waals surface area contributed by atoms with E-state index >= 15 is 0 Å². The predicted molar refractivity (Wildman–Crippen MR) is 126 cm³/mol. The molecule has 34 heavy (non-hydrogen) atoms. The van der Waals surface area contributed by atoms with Crippen LogP contribution in [0.15, 0.2) is 72.8 Å². The van der Waals surface area contributed by atoms with Gasteiger partial charge in [0.15, 0.2) is 6.61 Å². The van der Waals surface area contributed by atoms with E-state index in [9.17, 15) is 19.2 Å². The molecule has 0 saturated carbocycles. The summed E-state index contributed by atoms with van der Waals surface area (Å²) in [6, 6.07) is 19.8. The highest BCUT2D eigenvalue weighted by Gasteiger charge is 2.43. The molecule has 4 rings (SSSR count). The number of anilines is 1. The maximum absolute atomic E-state index is 13.1. The highest BCUT2D eigenvalue weighted by molar-refractivity contribution is 6.22. The van der Waals surface area contributed by atoms with E-state index in [1.807, 2.05) is 32.0 Å². The summed E-state index contributed by atoms with van der Waals surface area (Å²) in [6.45, 7) is 3.27. The number of ether oxygens (including phenoxy) is 1. The molecule has 0 aromatic heterocycles. The van der Waals surface area contributed by atoms with Gasteiger partial charge in [-0.25, -0.2) is 4.79 Å².